The van der Waals surface area contributed by atoms with Crippen LogP contribution >= 0.6 is 0 Å². The lowest BCUT2D eigenvalue weighted by Gasteiger charge is -2.29. The van der Waals surface area contributed by atoms with Crippen molar-refractivity contribution in [2.45, 2.75) is 52.2 Å². The summed E-state index contributed by atoms with van der Waals surface area (Å²) in [5, 5.41) is 3.22. The number of para-hydroxylation sites is 1. The third-order valence-electron chi connectivity index (χ3n) is 3.83. The molecular weight excluding hydrogens is 222 g/mol. The largest absolute Gasteiger partial charge is 0.490 e. The van der Waals surface area contributed by atoms with E-state index in [-0.39, 0.29) is 0 Å². The maximum absolute atomic E-state index is 6.30. The summed E-state index contributed by atoms with van der Waals surface area (Å²) in [4.78, 5) is 0. The first kappa shape index (κ1) is 13.4. The maximum Gasteiger partial charge on any atom is 0.127 e. The van der Waals surface area contributed by atoms with Gasteiger partial charge in [-0.05, 0) is 44.7 Å². The van der Waals surface area contributed by atoms with Gasteiger partial charge in [0.05, 0.1) is 6.10 Å². The predicted molar refractivity (Wildman–Crippen MR) is 76.0 cm³/mol. The summed E-state index contributed by atoms with van der Waals surface area (Å²) in [5.74, 6) is 1.91. The van der Waals surface area contributed by atoms with Crippen LogP contribution in [0.15, 0.2) is 18.2 Å². The highest BCUT2D eigenvalue weighted by atomic mass is 16.5. The third kappa shape index (κ3) is 3.26. The molecule has 1 aliphatic rings. The van der Waals surface area contributed by atoms with E-state index in [9.17, 15) is 0 Å². The highest BCUT2D eigenvalue weighted by molar-refractivity contribution is 5.40. The molecule has 1 aliphatic carbocycles. The van der Waals surface area contributed by atoms with Crippen LogP contribution in [-0.2, 0) is 6.54 Å². The van der Waals surface area contributed by atoms with Gasteiger partial charge in [0, 0.05) is 12.1 Å². The summed E-state index contributed by atoms with van der Waals surface area (Å²) in [6.07, 6.45) is 5.48. The first-order valence-electron chi connectivity index (χ1n) is 7.10. The normalized spacial score (nSPS) is 23.9. The molecular formula is C16H25NO. The third-order valence-corrected chi connectivity index (χ3v) is 3.83. The van der Waals surface area contributed by atoms with E-state index < -0.39 is 0 Å². The van der Waals surface area contributed by atoms with Crippen LogP contribution in [0.3, 0.4) is 0 Å². The molecule has 0 bridgehead atoms. The van der Waals surface area contributed by atoms with E-state index in [1.807, 2.05) is 7.05 Å². The van der Waals surface area contributed by atoms with Crippen molar-refractivity contribution in [1.29, 1.82) is 0 Å². The summed E-state index contributed by atoms with van der Waals surface area (Å²) in [6, 6.07) is 6.41. The first-order chi connectivity index (χ1) is 8.70. The second kappa shape index (κ2) is 6.24. The Balaban J connectivity index is 2.11. The average molecular weight is 247 g/mol. The quantitative estimate of drug-likeness (QED) is 0.876. The molecule has 18 heavy (non-hydrogen) atoms. The summed E-state index contributed by atoms with van der Waals surface area (Å²) in [5.41, 5.74) is 2.52. The fourth-order valence-electron chi connectivity index (χ4n) is 2.86. The van der Waals surface area contributed by atoms with Gasteiger partial charge in [-0.25, -0.2) is 0 Å². The molecule has 0 amide bonds. The molecule has 0 aromatic heterocycles. The zero-order chi connectivity index (χ0) is 13.0. The van der Waals surface area contributed by atoms with Crippen molar-refractivity contribution < 1.29 is 4.74 Å². The summed E-state index contributed by atoms with van der Waals surface area (Å²) >= 11 is 0. The molecule has 1 aromatic rings. The number of benzene rings is 1. The molecule has 0 heterocycles. The molecule has 0 spiro atoms. The highest BCUT2D eigenvalue weighted by Gasteiger charge is 2.21. The Morgan fingerprint density at radius 1 is 1.33 bits per heavy atom. The minimum atomic E-state index is 0.408. The van der Waals surface area contributed by atoms with Gasteiger partial charge in [-0.2, -0.15) is 0 Å². The van der Waals surface area contributed by atoms with E-state index in [2.05, 4.69) is 37.4 Å². The van der Waals surface area contributed by atoms with E-state index in [1.54, 1.807) is 0 Å². The Morgan fingerprint density at radius 3 is 2.89 bits per heavy atom. The van der Waals surface area contributed by atoms with Crippen molar-refractivity contribution in [3.8, 4) is 5.75 Å². The number of ether oxygens (including phenoxy) is 1. The SMILES string of the molecule is CNCc1cccc(C)c1OC1CCCC(C)C1. The number of rotatable bonds is 4. The summed E-state index contributed by atoms with van der Waals surface area (Å²) < 4.78 is 6.30. The molecule has 2 atom stereocenters. The lowest BCUT2D eigenvalue weighted by molar-refractivity contribution is 0.127. The van der Waals surface area contributed by atoms with Crippen molar-refractivity contribution in [2.75, 3.05) is 7.05 Å². The van der Waals surface area contributed by atoms with Gasteiger partial charge in [-0.1, -0.05) is 31.5 Å². The second-order valence-corrected chi connectivity index (χ2v) is 5.61. The van der Waals surface area contributed by atoms with Crippen LogP contribution in [0.5, 0.6) is 5.75 Å². The van der Waals surface area contributed by atoms with Crippen LogP contribution in [-0.4, -0.2) is 13.2 Å². The van der Waals surface area contributed by atoms with E-state index in [1.165, 1.54) is 36.8 Å². The molecule has 2 heteroatoms. The highest BCUT2D eigenvalue weighted by Crippen LogP contribution is 2.31. The van der Waals surface area contributed by atoms with Crippen molar-refractivity contribution in [2.24, 2.45) is 5.92 Å². The molecule has 0 saturated heterocycles. The number of aryl methyl sites for hydroxylation is 1. The standard InChI is InChI=1S/C16H25NO/c1-12-6-4-9-15(10-12)18-16-13(2)7-5-8-14(16)11-17-3/h5,7-8,12,15,17H,4,6,9-11H2,1-3H3. The van der Waals surface area contributed by atoms with E-state index >= 15 is 0 Å². The van der Waals surface area contributed by atoms with Gasteiger partial charge in [0.25, 0.3) is 0 Å². The van der Waals surface area contributed by atoms with Crippen molar-refractivity contribution in [1.82, 2.24) is 5.32 Å². The second-order valence-electron chi connectivity index (χ2n) is 5.61. The molecule has 1 aromatic carbocycles. The van der Waals surface area contributed by atoms with Gasteiger partial charge >= 0.3 is 0 Å². The Bertz CT molecular complexity index is 389. The molecule has 2 unspecified atom stereocenters. The number of hydrogen-bond acceptors (Lipinski definition) is 2. The fourth-order valence-corrected chi connectivity index (χ4v) is 2.86. The molecule has 1 saturated carbocycles. The van der Waals surface area contributed by atoms with Crippen molar-refractivity contribution >= 4 is 0 Å². The molecule has 2 nitrogen and oxygen atoms in total. The fraction of sp³-hybridized carbons (Fsp3) is 0.625. The molecule has 0 radical (unpaired) electrons. The van der Waals surface area contributed by atoms with Crippen LogP contribution in [0, 0.1) is 12.8 Å². The molecule has 100 valence electrons. The van der Waals surface area contributed by atoms with E-state index in [0.29, 0.717) is 6.10 Å². The van der Waals surface area contributed by atoms with Gasteiger partial charge in [0.2, 0.25) is 0 Å². The number of nitrogens with one attached hydrogen (secondary N) is 1. The minimum absolute atomic E-state index is 0.408. The molecule has 2 rings (SSSR count). The van der Waals surface area contributed by atoms with Crippen LogP contribution in [0.25, 0.3) is 0 Å². The zero-order valence-electron chi connectivity index (χ0n) is 11.8. The van der Waals surface area contributed by atoms with Crippen molar-refractivity contribution in [3.63, 3.8) is 0 Å². The van der Waals surface area contributed by atoms with Gasteiger partial charge in [-0.3, -0.25) is 0 Å². The van der Waals surface area contributed by atoms with Gasteiger partial charge in [0.1, 0.15) is 5.75 Å². The van der Waals surface area contributed by atoms with Gasteiger partial charge in [0.15, 0.2) is 0 Å². The zero-order valence-corrected chi connectivity index (χ0v) is 11.8. The Hall–Kier alpha value is -1.02. The Morgan fingerprint density at radius 2 is 2.17 bits per heavy atom. The molecule has 0 aliphatic heterocycles. The summed E-state index contributed by atoms with van der Waals surface area (Å²) in [7, 11) is 1.98. The van der Waals surface area contributed by atoms with Crippen LogP contribution in [0.1, 0.15) is 43.7 Å². The Kier molecular flexibility index (Phi) is 4.65. The average Bonchev–Trinajstić information content (AvgIpc) is 2.34. The van der Waals surface area contributed by atoms with Gasteiger partial charge in [-0.15, -0.1) is 0 Å². The molecule has 1 fully saturated rings. The molecule has 1 N–H and O–H groups in total. The monoisotopic (exact) mass is 247 g/mol. The lowest BCUT2D eigenvalue weighted by atomic mass is 9.88. The van der Waals surface area contributed by atoms with Crippen LogP contribution in [0.4, 0.5) is 0 Å². The van der Waals surface area contributed by atoms with Crippen LogP contribution < -0.4 is 10.1 Å². The topological polar surface area (TPSA) is 21.3 Å². The lowest BCUT2D eigenvalue weighted by Crippen LogP contribution is -2.25. The Labute approximate surface area is 111 Å². The first-order valence-corrected chi connectivity index (χ1v) is 7.10. The number of hydrogen-bond donors (Lipinski definition) is 1. The van der Waals surface area contributed by atoms with Crippen LogP contribution in [0.2, 0.25) is 0 Å². The van der Waals surface area contributed by atoms with E-state index in [0.717, 1.165) is 18.2 Å². The predicted octanol–water partition coefficient (Wildman–Crippen LogP) is 3.67. The minimum Gasteiger partial charge on any atom is -0.490 e. The smallest absolute Gasteiger partial charge is 0.127 e. The van der Waals surface area contributed by atoms with Gasteiger partial charge < -0.3 is 10.1 Å². The summed E-state index contributed by atoms with van der Waals surface area (Å²) in [6.45, 7) is 5.35. The maximum atomic E-state index is 6.30. The van der Waals surface area contributed by atoms with Crippen molar-refractivity contribution in [3.05, 3.63) is 29.3 Å². The van der Waals surface area contributed by atoms with E-state index in [4.69, 9.17) is 4.74 Å².